The average Bonchev–Trinajstić information content (AvgIpc) is 3.33. The molecule has 1 amide bonds. The maximum atomic E-state index is 12.2. The first-order valence-corrected chi connectivity index (χ1v) is 7.95. The van der Waals surface area contributed by atoms with Crippen molar-refractivity contribution in [3.05, 3.63) is 35.9 Å². The van der Waals surface area contributed by atoms with Crippen molar-refractivity contribution in [3.8, 4) is 0 Å². The number of amides is 1. The highest BCUT2D eigenvalue weighted by molar-refractivity contribution is 5.92. The third-order valence-electron chi connectivity index (χ3n) is 4.20. The minimum Gasteiger partial charge on any atom is -0.355 e. The van der Waals surface area contributed by atoms with Crippen molar-refractivity contribution in [2.75, 3.05) is 18.0 Å². The molecule has 4 rings (SSSR count). The van der Waals surface area contributed by atoms with Gasteiger partial charge in [0.05, 0.1) is 6.54 Å². The van der Waals surface area contributed by atoms with Crippen molar-refractivity contribution in [1.82, 2.24) is 34.9 Å². The summed E-state index contributed by atoms with van der Waals surface area (Å²) in [6.45, 7) is 2.29. The fourth-order valence-corrected chi connectivity index (χ4v) is 2.90. The second-order valence-corrected chi connectivity index (χ2v) is 5.79. The van der Waals surface area contributed by atoms with Crippen molar-refractivity contribution in [1.29, 1.82) is 0 Å². The molecule has 0 radical (unpaired) electrons. The van der Waals surface area contributed by atoms with Crippen LogP contribution in [0.3, 0.4) is 0 Å². The van der Waals surface area contributed by atoms with Gasteiger partial charge in [-0.25, -0.2) is 0 Å². The van der Waals surface area contributed by atoms with E-state index in [0.717, 1.165) is 18.9 Å². The van der Waals surface area contributed by atoms with Crippen molar-refractivity contribution < 1.29 is 4.79 Å². The Bertz CT molecular complexity index is 877. The summed E-state index contributed by atoms with van der Waals surface area (Å²) < 4.78 is 3.22. The Kier molecular flexibility index (Phi) is 3.60. The molecule has 1 aliphatic heterocycles. The van der Waals surface area contributed by atoms with Crippen LogP contribution in [0.4, 0.5) is 5.82 Å². The van der Waals surface area contributed by atoms with Gasteiger partial charge in [-0.1, -0.05) is 0 Å². The summed E-state index contributed by atoms with van der Waals surface area (Å²) >= 11 is 0. The molecule has 0 unspecified atom stereocenters. The van der Waals surface area contributed by atoms with Gasteiger partial charge in [0.25, 0.3) is 5.91 Å². The van der Waals surface area contributed by atoms with Crippen LogP contribution in [-0.4, -0.2) is 48.6 Å². The maximum absolute atomic E-state index is 12.2. The highest BCUT2D eigenvalue weighted by Gasteiger charge is 2.16. The molecule has 0 aromatic carbocycles. The van der Waals surface area contributed by atoms with Gasteiger partial charge < -0.3 is 10.2 Å². The van der Waals surface area contributed by atoms with Crippen LogP contribution in [0.15, 0.2) is 24.4 Å². The summed E-state index contributed by atoms with van der Waals surface area (Å²) in [7, 11) is 1.73. The number of fused-ring (bicyclic) bond motifs is 1. The Balaban J connectivity index is 1.54. The number of hydrogen-bond donors (Lipinski definition) is 1. The lowest BCUT2D eigenvalue weighted by Gasteiger charge is -2.15. The van der Waals surface area contributed by atoms with Gasteiger partial charge in [0.15, 0.2) is 11.5 Å². The van der Waals surface area contributed by atoms with Crippen LogP contribution in [0.2, 0.25) is 0 Å². The molecule has 0 saturated carbocycles. The van der Waals surface area contributed by atoms with E-state index in [2.05, 4.69) is 30.6 Å². The number of aromatic nitrogens is 6. The molecule has 1 aliphatic rings. The number of nitrogens with zero attached hydrogens (tertiary/aromatic N) is 7. The van der Waals surface area contributed by atoms with E-state index in [4.69, 9.17) is 0 Å². The fourth-order valence-electron chi connectivity index (χ4n) is 2.90. The topological polar surface area (TPSA) is 93.2 Å². The maximum Gasteiger partial charge on any atom is 0.269 e. The van der Waals surface area contributed by atoms with E-state index < -0.39 is 0 Å². The zero-order valence-electron chi connectivity index (χ0n) is 13.4. The molecule has 1 fully saturated rings. The fraction of sp³-hybridized carbons (Fsp3) is 0.400. The molecule has 0 atom stereocenters. The van der Waals surface area contributed by atoms with Crippen LogP contribution in [0.25, 0.3) is 5.65 Å². The van der Waals surface area contributed by atoms with Crippen molar-refractivity contribution in [2.45, 2.75) is 19.4 Å². The second-order valence-electron chi connectivity index (χ2n) is 5.79. The molecular weight excluding hydrogens is 308 g/mol. The molecule has 0 aliphatic carbocycles. The molecule has 3 aromatic rings. The van der Waals surface area contributed by atoms with Gasteiger partial charge in [0.1, 0.15) is 11.5 Å². The van der Waals surface area contributed by atoms with Crippen molar-refractivity contribution in [3.63, 3.8) is 0 Å². The third-order valence-corrected chi connectivity index (χ3v) is 4.20. The van der Waals surface area contributed by atoms with Gasteiger partial charge in [-0.05, 0) is 31.0 Å². The lowest BCUT2D eigenvalue weighted by molar-refractivity contribution is 0.0940. The molecule has 9 heteroatoms. The molecule has 0 spiro atoms. The molecule has 4 heterocycles. The van der Waals surface area contributed by atoms with E-state index in [-0.39, 0.29) is 12.5 Å². The lowest BCUT2D eigenvalue weighted by atomic mass is 10.4. The number of carbonyl (C=O) groups excluding carboxylic acids is 1. The molecular formula is C15H18N8O. The third kappa shape index (κ3) is 2.57. The number of carbonyl (C=O) groups is 1. The number of nitrogens with one attached hydrogen (secondary N) is 1. The highest BCUT2D eigenvalue weighted by atomic mass is 16.2. The molecule has 24 heavy (non-hydrogen) atoms. The molecule has 124 valence electrons. The van der Waals surface area contributed by atoms with Crippen LogP contribution >= 0.6 is 0 Å². The largest absolute Gasteiger partial charge is 0.355 e. The SMILES string of the molecule is Cn1nccc1C(=O)NCc1nnc2ccc(N3CCCC3)nn12. The standard InChI is InChI=1S/C15H18N8O/c1-21-11(6-7-17-21)15(24)16-10-14-19-18-12-4-5-13(20-23(12)14)22-8-2-3-9-22/h4-7H,2-3,8-10H2,1H3,(H,16,24). The molecule has 3 aromatic heterocycles. The lowest BCUT2D eigenvalue weighted by Crippen LogP contribution is -2.26. The Morgan fingerprint density at radius 1 is 1.21 bits per heavy atom. The van der Waals surface area contributed by atoms with E-state index in [0.29, 0.717) is 17.2 Å². The first kappa shape index (κ1) is 14.6. The zero-order chi connectivity index (χ0) is 16.5. The summed E-state index contributed by atoms with van der Waals surface area (Å²) in [6, 6.07) is 5.54. The van der Waals surface area contributed by atoms with Crippen LogP contribution in [0.5, 0.6) is 0 Å². The monoisotopic (exact) mass is 326 g/mol. The highest BCUT2D eigenvalue weighted by Crippen LogP contribution is 2.18. The predicted molar refractivity (Wildman–Crippen MR) is 86.6 cm³/mol. The first-order chi connectivity index (χ1) is 11.7. The van der Waals surface area contributed by atoms with Crippen LogP contribution in [0, 0.1) is 0 Å². The minimum absolute atomic E-state index is 0.206. The summed E-state index contributed by atoms with van der Waals surface area (Å²) in [5.74, 6) is 1.31. The summed E-state index contributed by atoms with van der Waals surface area (Å²) in [5, 5.41) is 19.7. The van der Waals surface area contributed by atoms with Gasteiger partial charge >= 0.3 is 0 Å². The zero-order valence-corrected chi connectivity index (χ0v) is 13.4. The molecule has 1 N–H and O–H groups in total. The van der Waals surface area contributed by atoms with Crippen molar-refractivity contribution in [2.24, 2.45) is 7.05 Å². The average molecular weight is 326 g/mol. The minimum atomic E-state index is -0.206. The summed E-state index contributed by atoms with van der Waals surface area (Å²) in [4.78, 5) is 14.4. The van der Waals surface area contributed by atoms with Crippen LogP contribution in [0.1, 0.15) is 29.2 Å². The van der Waals surface area contributed by atoms with Gasteiger partial charge in [0, 0.05) is 26.3 Å². The number of hydrogen-bond acceptors (Lipinski definition) is 6. The number of aryl methyl sites for hydroxylation is 1. The van der Waals surface area contributed by atoms with E-state index in [1.807, 2.05) is 12.1 Å². The first-order valence-electron chi connectivity index (χ1n) is 7.95. The Morgan fingerprint density at radius 2 is 2.04 bits per heavy atom. The Morgan fingerprint density at radius 3 is 2.79 bits per heavy atom. The molecule has 9 nitrogen and oxygen atoms in total. The van der Waals surface area contributed by atoms with E-state index in [1.165, 1.54) is 17.5 Å². The van der Waals surface area contributed by atoms with Crippen molar-refractivity contribution >= 4 is 17.4 Å². The van der Waals surface area contributed by atoms with Crippen LogP contribution in [-0.2, 0) is 13.6 Å². The molecule has 1 saturated heterocycles. The van der Waals surface area contributed by atoms with E-state index in [1.54, 1.807) is 23.8 Å². The number of rotatable bonds is 4. The van der Waals surface area contributed by atoms with Gasteiger partial charge in [-0.2, -0.15) is 9.61 Å². The Labute approximate surface area is 138 Å². The predicted octanol–water partition coefficient (Wildman–Crippen LogP) is 0.388. The second kappa shape index (κ2) is 5.91. The van der Waals surface area contributed by atoms with Gasteiger partial charge in [-0.15, -0.1) is 15.3 Å². The van der Waals surface area contributed by atoms with E-state index >= 15 is 0 Å². The quantitative estimate of drug-likeness (QED) is 0.745. The van der Waals surface area contributed by atoms with E-state index in [9.17, 15) is 4.79 Å². The van der Waals surface area contributed by atoms with Crippen LogP contribution < -0.4 is 10.2 Å². The number of anilines is 1. The van der Waals surface area contributed by atoms with Gasteiger partial charge in [0.2, 0.25) is 0 Å². The normalized spacial score (nSPS) is 14.5. The molecule has 0 bridgehead atoms. The van der Waals surface area contributed by atoms with Gasteiger partial charge in [-0.3, -0.25) is 9.48 Å². The summed E-state index contributed by atoms with van der Waals surface area (Å²) in [6.07, 6.45) is 3.97. The summed E-state index contributed by atoms with van der Waals surface area (Å²) in [5.41, 5.74) is 1.16. The Hall–Kier alpha value is -2.97. The smallest absolute Gasteiger partial charge is 0.269 e.